The number of fused-ring (bicyclic) bond motifs is 10. The third-order valence-corrected chi connectivity index (χ3v) is 26.2. The van der Waals surface area contributed by atoms with Crippen molar-refractivity contribution in [3.8, 4) is 140 Å². The number of rotatable bonds is 15. The van der Waals surface area contributed by atoms with E-state index in [9.17, 15) is 5.26 Å². The van der Waals surface area contributed by atoms with E-state index in [1.807, 2.05) is 36.4 Å². The molecule has 0 spiro atoms. The highest BCUT2D eigenvalue weighted by Crippen LogP contribution is 2.57. The maximum Gasteiger partial charge on any atom is 0.252 e. The van der Waals surface area contributed by atoms with Gasteiger partial charge in [-0.3, -0.25) is 0 Å². The molecule has 0 fully saturated rings. The molecular weight excluding hydrogens is 1560 g/mol. The zero-order chi connectivity index (χ0) is 85.6. The minimum Gasteiger partial charge on any atom is -0.310 e. The van der Waals surface area contributed by atoms with Crippen LogP contribution in [0.1, 0.15) is 5.56 Å². The molecule has 0 radical (unpaired) electrons. The summed E-state index contributed by atoms with van der Waals surface area (Å²) in [5.74, 6) is 0. The maximum absolute atomic E-state index is 10.9. The minimum atomic E-state index is -0.426. The molecule has 129 heavy (non-hydrogen) atoms. The summed E-state index contributed by atoms with van der Waals surface area (Å²) in [6.07, 6.45) is 0. The fourth-order valence-corrected chi connectivity index (χ4v) is 20.4. The van der Waals surface area contributed by atoms with Crippen LogP contribution in [0.4, 0.5) is 39.8 Å². The largest absolute Gasteiger partial charge is 0.310 e. The molecule has 0 saturated carbocycles. The number of aromatic nitrogens is 2. The van der Waals surface area contributed by atoms with Crippen molar-refractivity contribution in [2.24, 2.45) is 0 Å². The van der Waals surface area contributed by atoms with Gasteiger partial charge in [0.1, 0.15) is 0 Å². The van der Waals surface area contributed by atoms with Gasteiger partial charge in [-0.2, -0.15) is 5.26 Å². The normalized spacial score (nSPS) is 12.0. The molecule has 0 saturated heterocycles. The summed E-state index contributed by atoms with van der Waals surface area (Å²) < 4.78 is 4.95. The fourth-order valence-electron chi connectivity index (χ4n) is 20.4. The fraction of sp³-hybridized carbons (Fsp3) is 0. The molecule has 6 nitrogen and oxygen atoms in total. The zero-order valence-electron chi connectivity index (χ0n) is 70.2. The zero-order valence-corrected chi connectivity index (χ0v) is 70.2. The molecule has 0 amide bonds. The Morgan fingerprint density at radius 3 is 0.845 bits per heavy atom. The third-order valence-electron chi connectivity index (χ3n) is 26.2. The summed E-state index contributed by atoms with van der Waals surface area (Å²) in [6.45, 7) is 8.11. The van der Waals surface area contributed by atoms with Gasteiger partial charge in [-0.05, 0) is 244 Å². The van der Waals surface area contributed by atoms with Gasteiger partial charge in [0.15, 0.2) is 5.69 Å². The van der Waals surface area contributed by atoms with Crippen molar-refractivity contribution in [2.75, 3.05) is 9.80 Å². The lowest BCUT2D eigenvalue weighted by Gasteiger charge is -2.46. The molecule has 2 aromatic heterocycles. The Balaban J connectivity index is 0.897. The Kier molecular flexibility index (Phi) is 18.4. The van der Waals surface area contributed by atoms with Gasteiger partial charge in [-0.1, -0.05) is 340 Å². The molecule has 0 aliphatic carbocycles. The Bertz CT molecular complexity index is 7560. The van der Waals surface area contributed by atoms with Crippen molar-refractivity contribution >= 4 is 107 Å². The molecule has 4 heterocycles. The Hall–Kier alpha value is -17.4. The number of anilines is 6. The van der Waals surface area contributed by atoms with Crippen LogP contribution < -0.4 is 26.2 Å². The highest BCUT2D eigenvalue weighted by atomic mass is 15.2. The van der Waals surface area contributed by atoms with Crippen molar-refractivity contribution in [2.45, 2.75) is 0 Å². The second-order valence-electron chi connectivity index (χ2n) is 33.6. The van der Waals surface area contributed by atoms with Gasteiger partial charge in [0.25, 0.3) is 6.71 Å². The van der Waals surface area contributed by atoms with Crippen molar-refractivity contribution < 1.29 is 0 Å². The summed E-state index contributed by atoms with van der Waals surface area (Å²) in [5, 5.41) is 15.6. The summed E-state index contributed by atoms with van der Waals surface area (Å²) in [6, 6.07) is 174. The number of para-hydroxylation sites is 4. The molecule has 2 aliphatic heterocycles. The molecule has 7 heteroatoms. The average molecular weight is 1640 g/mol. The maximum atomic E-state index is 10.9. The number of nitriles is 1. The first-order chi connectivity index (χ1) is 63.9. The first kappa shape index (κ1) is 75.4. The minimum absolute atomic E-state index is 0.426. The number of hydrogen-bond donors (Lipinski definition) is 0. The van der Waals surface area contributed by atoms with Gasteiger partial charge in [-0.25, -0.2) is 4.85 Å². The molecule has 0 bridgehead atoms. The van der Waals surface area contributed by atoms with Crippen molar-refractivity contribution in [1.29, 1.82) is 5.26 Å². The van der Waals surface area contributed by atoms with E-state index in [0.717, 1.165) is 206 Å². The van der Waals surface area contributed by atoms with Crippen LogP contribution >= 0.6 is 0 Å². The predicted octanol–water partition coefficient (Wildman–Crippen LogP) is 30.7. The molecule has 598 valence electrons. The van der Waals surface area contributed by atoms with Crippen LogP contribution in [0.5, 0.6) is 0 Å². The van der Waals surface area contributed by atoms with Crippen LogP contribution in [0.15, 0.2) is 467 Å². The third kappa shape index (κ3) is 13.0. The van der Waals surface area contributed by atoms with Crippen LogP contribution in [0.2, 0.25) is 0 Å². The van der Waals surface area contributed by atoms with E-state index >= 15 is 0 Å². The lowest BCUT2D eigenvalue weighted by Crippen LogP contribution is -2.61. The molecule has 20 aromatic carbocycles. The highest BCUT2D eigenvalue weighted by Gasteiger charge is 2.46. The van der Waals surface area contributed by atoms with E-state index in [2.05, 4.69) is 461 Å². The Morgan fingerprint density at radius 1 is 0.225 bits per heavy atom. The van der Waals surface area contributed by atoms with Crippen molar-refractivity contribution in [1.82, 2.24) is 9.13 Å². The Morgan fingerprint density at radius 2 is 0.504 bits per heavy atom. The summed E-state index contributed by atoms with van der Waals surface area (Å²) >= 11 is 0. The SMILES string of the molecule is [C-]#[N+]c1cccc(-c2cc(-c3cccc(-c4ccccc4)c3)c(N3c4cc(-n5c6ccccc6c6ccccc65)ccc4B4c5ccc(-n6c7ccccc7c7ccccc76)cc5N(c5c(-c6cccc(-c7ccccc7)c6)cc(-c6cccc(C#N)c6)cc5-c5cccc(-c6ccccc6)c5)c5cc(-c6ccccc6)cc3c54)c(-c3cccc(-c4ccccc4)c3)c2)c1. The molecule has 24 rings (SSSR count). The van der Waals surface area contributed by atoms with E-state index in [0.29, 0.717) is 11.3 Å². The summed E-state index contributed by atoms with van der Waals surface area (Å²) in [5.41, 5.74) is 39.4. The number of nitrogens with zero attached hydrogens (tertiary/aromatic N) is 6. The molecule has 0 atom stereocenters. The summed E-state index contributed by atoms with van der Waals surface area (Å²) in [7, 11) is 0. The average Bonchev–Trinajstić information content (AvgIpc) is 1.20. The summed E-state index contributed by atoms with van der Waals surface area (Å²) in [4.78, 5) is 9.45. The lowest BCUT2D eigenvalue weighted by atomic mass is 9.33. The van der Waals surface area contributed by atoms with E-state index in [4.69, 9.17) is 6.57 Å². The van der Waals surface area contributed by atoms with E-state index in [1.54, 1.807) is 0 Å². The predicted molar refractivity (Wildman–Crippen MR) is 540 cm³/mol. The van der Waals surface area contributed by atoms with Gasteiger partial charge < -0.3 is 18.9 Å². The first-order valence-electron chi connectivity index (χ1n) is 44.0. The van der Waals surface area contributed by atoms with Gasteiger partial charge in [0.2, 0.25) is 0 Å². The lowest BCUT2D eigenvalue weighted by molar-refractivity contribution is 1.17. The van der Waals surface area contributed by atoms with Crippen LogP contribution in [0, 0.1) is 17.9 Å². The standard InChI is InChI=1S/C122H77BN6/c1-125-99-52-30-47-91(70-99)97-73-108(94-50-28-45-89(68-94)83-36-11-4-12-37-83)122(109(74-97)95-51-29-46-90(69-95)84-38-13-5-14-39-84)129-117-78-101(127-114-59-23-19-55-104(114)105-56-20-24-60-115(105)127)62-64-111(117)123-110-63-61-100(126-112-57-21-17-53-102(112)103-54-18-22-58-113(103)126)77-116(110)128(118-75-98(76-119(129)120(118)123)85-40-15-6-16-41-85)121-106(92-48-26-43-87(66-92)81-32-7-2-8-33-81)71-96(86-42-25-31-80(65-86)79-124)72-107(121)93-49-27-44-88(67-93)82-34-9-3-10-35-82/h2-78H. The molecule has 22 aromatic rings. The van der Waals surface area contributed by atoms with Crippen molar-refractivity contribution in [3.05, 3.63) is 484 Å². The van der Waals surface area contributed by atoms with E-state index < -0.39 is 6.71 Å². The van der Waals surface area contributed by atoms with Crippen LogP contribution in [-0.2, 0) is 0 Å². The van der Waals surface area contributed by atoms with Gasteiger partial charge in [0, 0.05) is 77.9 Å². The monoisotopic (exact) mass is 1640 g/mol. The second-order valence-corrected chi connectivity index (χ2v) is 33.6. The Labute approximate surface area is 749 Å². The smallest absolute Gasteiger partial charge is 0.252 e. The molecule has 0 unspecified atom stereocenters. The van der Waals surface area contributed by atoms with Gasteiger partial charge in [-0.15, -0.1) is 0 Å². The molecule has 0 N–H and O–H groups in total. The molecular formula is C122H77BN6. The van der Waals surface area contributed by atoms with Gasteiger partial charge >= 0.3 is 0 Å². The van der Waals surface area contributed by atoms with Crippen molar-refractivity contribution in [3.63, 3.8) is 0 Å². The topological polar surface area (TPSA) is 44.5 Å². The van der Waals surface area contributed by atoms with Gasteiger partial charge in [0.05, 0.1) is 51.6 Å². The second kappa shape index (κ2) is 31.5. The molecule has 2 aliphatic rings. The highest BCUT2D eigenvalue weighted by molar-refractivity contribution is 7.00. The van der Waals surface area contributed by atoms with Crippen LogP contribution in [-0.4, -0.2) is 15.8 Å². The quantitative estimate of drug-likeness (QED) is 0.0759. The van der Waals surface area contributed by atoms with Crippen LogP contribution in [0.3, 0.4) is 0 Å². The van der Waals surface area contributed by atoms with E-state index in [1.165, 1.54) is 21.5 Å². The van der Waals surface area contributed by atoms with E-state index in [-0.39, 0.29) is 0 Å². The first-order valence-corrected chi connectivity index (χ1v) is 44.0. The number of hydrogen-bond acceptors (Lipinski definition) is 3. The van der Waals surface area contributed by atoms with Crippen LogP contribution in [0.25, 0.3) is 182 Å². The number of benzene rings is 20.